The number of nitro groups is 1. The number of esters is 3. The lowest BCUT2D eigenvalue weighted by Crippen LogP contribution is -2.35. The Morgan fingerprint density at radius 1 is 0.754 bits per heavy atom. The Morgan fingerprint density at radius 3 is 1.95 bits per heavy atom. The van der Waals surface area contributed by atoms with Gasteiger partial charge in [-0.3, -0.25) is 24.5 Å². The van der Waals surface area contributed by atoms with Crippen molar-refractivity contribution in [2.24, 2.45) is 11.7 Å². The lowest BCUT2D eigenvalue weighted by molar-refractivity contribution is -0.384. The van der Waals surface area contributed by atoms with Crippen LogP contribution in [-0.2, 0) is 48.2 Å². The molecule has 0 aliphatic carbocycles. The molecule has 0 fully saturated rings. The summed E-state index contributed by atoms with van der Waals surface area (Å²) in [5.74, 6) is -4.20. The smallest absolute Gasteiger partial charge is 0.342 e. The van der Waals surface area contributed by atoms with Gasteiger partial charge in [-0.25, -0.2) is 4.79 Å². The van der Waals surface area contributed by atoms with Gasteiger partial charge in [0.05, 0.1) is 29.9 Å². The van der Waals surface area contributed by atoms with Crippen LogP contribution in [0.4, 0.5) is 5.69 Å². The fraction of sp³-hybridized carbons (Fsp3) is 0.318. The Hall–Kier alpha value is -6.50. The molecule has 4 aromatic rings. The number of primary amides is 1. The molecule has 0 spiro atoms. The minimum Gasteiger partial charge on any atom is -0.492 e. The van der Waals surface area contributed by atoms with Gasteiger partial charge in [-0.1, -0.05) is 66.7 Å². The van der Waals surface area contributed by atoms with Gasteiger partial charge in [0.2, 0.25) is 5.91 Å². The predicted octanol–water partition coefficient (Wildman–Crippen LogP) is 7.71. The van der Waals surface area contributed by atoms with Crippen LogP contribution in [0.2, 0.25) is 0 Å². The first-order valence-electron chi connectivity index (χ1n) is 18.3. The first kappa shape index (κ1) is 43.2. The van der Waals surface area contributed by atoms with Crippen LogP contribution in [0.25, 0.3) is 6.08 Å². The summed E-state index contributed by atoms with van der Waals surface area (Å²) in [5, 5.41) is 11.6. The first-order valence-corrected chi connectivity index (χ1v) is 18.3. The molecule has 0 aliphatic heterocycles. The summed E-state index contributed by atoms with van der Waals surface area (Å²) in [6.45, 7) is 10.2. The van der Waals surface area contributed by atoms with Crippen molar-refractivity contribution in [3.05, 3.63) is 141 Å². The number of nitrogens with zero attached hydrogens (tertiary/aromatic N) is 1. The molecule has 300 valence electrons. The van der Waals surface area contributed by atoms with Gasteiger partial charge in [-0.2, -0.15) is 0 Å². The van der Waals surface area contributed by atoms with Crippen LogP contribution >= 0.6 is 0 Å². The summed E-state index contributed by atoms with van der Waals surface area (Å²) in [5.41, 5.74) is 6.27. The van der Waals surface area contributed by atoms with Crippen molar-refractivity contribution in [2.45, 2.75) is 78.8 Å². The number of nitrogens with two attached hydrogens (primary N) is 1. The highest BCUT2D eigenvalue weighted by Gasteiger charge is 2.34. The summed E-state index contributed by atoms with van der Waals surface area (Å²) < 4.78 is 28.7. The molecule has 1 atom stereocenters. The molecular formula is C44H48N2O11. The molecule has 0 heterocycles. The Bertz CT molecular complexity index is 2080. The molecule has 0 aromatic heterocycles. The fourth-order valence-corrected chi connectivity index (χ4v) is 5.51. The number of amides is 1. The maximum Gasteiger partial charge on any atom is 0.342 e. The maximum absolute atomic E-state index is 13.5. The van der Waals surface area contributed by atoms with Crippen LogP contribution in [0.5, 0.6) is 11.5 Å². The van der Waals surface area contributed by atoms with E-state index in [0.717, 1.165) is 17.2 Å². The van der Waals surface area contributed by atoms with E-state index < -0.39 is 52.3 Å². The molecule has 2 N–H and O–H groups in total. The highest BCUT2D eigenvalue weighted by molar-refractivity contribution is 6.03. The van der Waals surface area contributed by atoms with Crippen LogP contribution in [0.15, 0.2) is 103 Å². The van der Waals surface area contributed by atoms with Crippen LogP contribution < -0.4 is 15.2 Å². The zero-order chi connectivity index (χ0) is 41.8. The molecule has 0 unspecified atom stereocenters. The summed E-state index contributed by atoms with van der Waals surface area (Å²) in [7, 11) is 0. The van der Waals surface area contributed by atoms with E-state index in [0.29, 0.717) is 16.9 Å². The van der Waals surface area contributed by atoms with E-state index in [1.807, 2.05) is 48.5 Å². The van der Waals surface area contributed by atoms with E-state index in [1.54, 1.807) is 71.9 Å². The zero-order valence-electron chi connectivity index (χ0n) is 32.9. The molecule has 1 amide bonds. The van der Waals surface area contributed by atoms with Crippen molar-refractivity contribution in [3.63, 3.8) is 0 Å². The van der Waals surface area contributed by atoms with E-state index in [4.69, 9.17) is 29.4 Å². The van der Waals surface area contributed by atoms with Crippen molar-refractivity contribution in [2.75, 3.05) is 6.61 Å². The van der Waals surface area contributed by atoms with Crippen LogP contribution in [-0.4, -0.2) is 46.5 Å². The maximum atomic E-state index is 13.5. The first-order chi connectivity index (χ1) is 26.9. The van der Waals surface area contributed by atoms with Crippen molar-refractivity contribution in [1.82, 2.24) is 0 Å². The van der Waals surface area contributed by atoms with Crippen molar-refractivity contribution < 1.29 is 47.8 Å². The van der Waals surface area contributed by atoms with Gasteiger partial charge in [0.1, 0.15) is 41.5 Å². The molecule has 13 nitrogen and oxygen atoms in total. The minimum absolute atomic E-state index is 0.00182. The third-order valence-electron chi connectivity index (χ3n) is 8.02. The highest BCUT2D eigenvalue weighted by atomic mass is 16.6. The number of rotatable bonds is 17. The van der Waals surface area contributed by atoms with Gasteiger partial charge in [-0.05, 0) is 88.1 Å². The second-order valence-electron chi connectivity index (χ2n) is 15.1. The summed E-state index contributed by atoms with van der Waals surface area (Å²) >= 11 is 0. The van der Waals surface area contributed by atoms with Crippen molar-refractivity contribution >= 4 is 35.6 Å². The Morgan fingerprint density at radius 2 is 1.37 bits per heavy atom. The van der Waals surface area contributed by atoms with E-state index >= 15 is 0 Å². The summed E-state index contributed by atoms with van der Waals surface area (Å²) in [6.07, 6.45) is 1.07. The number of benzene rings is 4. The van der Waals surface area contributed by atoms with E-state index in [1.165, 1.54) is 18.2 Å². The molecule has 4 aromatic carbocycles. The second kappa shape index (κ2) is 19.4. The van der Waals surface area contributed by atoms with Crippen LogP contribution in [0.1, 0.15) is 80.6 Å². The molecule has 0 bridgehead atoms. The zero-order valence-corrected chi connectivity index (χ0v) is 32.9. The number of non-ortho nitro benzene ring substituents is 1. The van der Waals surface area contributed by atoms with Crippen molar-refractivity contribution in [1.29, 1.82) is 0 Å². The predicted molar refractivity (Wildman–Crippen MR) is 212 cm³/mol. The van der Waals surface area contributed by atoms with E-state index in [-0.39, 0.29) is 48.8 Å². The average Bonchev–Trinajstić information content (AvgIpc) is 3.14. The number of hydrogen-bond acceptors (Lipinski definition) is 11. The Kier molecular flexibility index (Phi) is 14.7. The van der Waals surface area contributed by atoms with Gasteiger partial charge >= 0.3 is 17.9 Å². The quantitative estimate of drug-likeness (QED) is 0.0364. The molecular weight excluding hydrogens is 732 g/mol. The topological polar surface area (TPSA) is 184 Å². The summed E-state index contributed by atoms with van der Waals surface area (Å²) in [4.78, 5) is 63.6. The Balaban J connectivity index is 1.68. The second-order valence-corrected chi connectivity index (χ2v) is 15.1. The lowest BCUT2D eigenvalue weighted by atomic mass is 9.92. The van der Waals surface area contributed by atoms with Gasteiger partial charge in [0, 0.05) is 18.1 Å². The molecule has 0 radical (unpaired) electrons. The number of hydrogen-bond donors (Lipinski definition) is 1. The summed E-state index contributed by atoms with van der Waals surface area (Å²) in [6, 6.07) is 27.2. The molecule has 0 aliphatic rings. The van der Waals surface area contributed by atoms with Crippen LogP contribution in [0.3, 0.4) is 0 Å². The molecule has 0 saturated heterocycles. The highest BCUT2D eigenvalue weighted by Crippen LogP contribution is 2.30. The standard InChI is InChI=1S/C44H48N2O11/c1-43(2,3)56-39(47)26-36(42(50)57-44(4,5)6)35(40(45)48)24-31-17-20-37(54-27-29-13-9-7-10-14-29)32(23-31)21-22-53-38-25-33(46(51)52)18-19-34(38)41(49)55-28-30-15-11-8-12-16-30/h7-20,23-25,36H,21-22,26-28H2,1-6H3,(H2,45,48)/b35-24+/t36-/m0/s1. The van der Waals surface area contributed by atoms with Gasteiger partial charge in [0.15, 0.2) is 0 Å². The number of ether oxygens (including phenoxy) is 5. The van der Waals surface area contributed by atoms with Gasteiger partial charge in [-0.15, -0.1) is 0 Å². The lowest BCUT2D eigenvalue weighted by Gasteiger charge is -2.26. The van der Waals surface area contributed by atoms with E-state index in [9.17, 15) is 29.3 Å². The monoisotopic (exact) mass is 780 g/mol. The van der Waals surface area contributed by atoms with Gasteiger partial charge in [0.25, 0.3) is 5.69 Å². The average molecular weight is 781 g/mol. The third-order valence-corrected chi connectivity index (χ3v) is 8.02. The third kappa shape index (κ3) is 13.9. The molecule has 57 heavy (non-hydrogen) atoms. The van der Waals surface area contributed by atoms with Crippen molar-refractivity contribution in [3.8, 4) is 11.5 Å². The molecule has 13 heteroatoms. The fourth-order valence-electron chi connectivity index (χ4n) is 5.51. The molecule has 0 saturated carbocycles. The SMILES string of the molecule is CC(C)(C)OC(=O)C[C@H](C(=O)OC(C)(C)C)/C(=C\c1ccc(OCc2ccccc2)c(CCOc2cc([N+](=O)[O-])ccc2C(=O)OCc2ccccc2)c1)C(N)=O. The number of carbonyl (C=O) groups is 4. The van der Waals surface area contributed by atoms with Gasteiger partial charge < -0.3 is 29.4 Å². The normalized spacial score (nSPS) is 12.2. The largest absolute Gasteiger partial charge is 0.492 e. The van der Waals surface area contributed by atoms with Crippen LogP contribution in [0, 0.1) is 16.0 Å². The Labute approximate surface area is 331 Å². The minimum atomic E-state index is -1.38. The van der Waals surface area contributed by atoms with E-state index in [2.05, 4.69) is 0 Å². The molecule has 4 rings (SSSR count). The number of nitro benzene ring substituents is 1. The number of carbonyl (C=O) groups excluding carboxylic acids is 4.